The number of unbranched alkanes of at least 4 members (excludes halogenated alkanes) is 13. The van der Waals surface area contributed by atoms with E-state index in [2.05, 4.69) is 13.5 Å². The molecule has 2 saturated heterocycles. The van der Waals surface area contributed by atoms with Gasteiger partial charge in [0.2, 0.25) is 5.79 Å². The van der Waals surface area contributed by atoms with E-state index in [1.807, 2.05) is 0 Å². The lowest BCUT2D eigenvalue weighted by atomic mass is 9.99. The first-order valence-corrected chi connectivity index (χ1v) is 17.9. The maximum absolute atomic E-state index is 12.8. The molecule has 9 atom stereocenters. The number of carbonyl (C=O) groups is 1. The van der Waals surface area contributed by atoms with Crippen LogP contribution in [0.15, 0.2) is 24.2 Å². The highest BCUT2D eigenvalue weighted by molar-refractivity contribution is 5.88. The van der Waals surface area contributed by atoms with Crippen LogP contribution in [0.3, 0.4) is 0 Å². The average molecular weight is 707 g/mol. The molecule has 0 saturated carbocycles. The fraction of sp³-hybridized carbons (Fsp3) is 0.857. The minimum Gasteiger partial charge on any atom is -0.462 e. The quantitative estimate of drug-likeness (QED) is 0.0226. The monoisotopic (exact) mass is 706 g/mol. The molecule has 0 aromatic rings. The molecular formula is C35H62O14. The Morgan fingerprint density at radius 2 is 1.33 bits per heavy atom. The standard InChI is InChI=1S/C35H62O14/c1-4-6-7-8-9-10-11-12-13-14-15-16-17-18-20-44-32(43)24(3)33(45-19-5-2)46-22-26-27(38)29(40)30(41)34(47-26)49-35(23-37)31(42)28(39)25(21-36)48-35/h5,25-31,34,36-42H,2,4,6-23H2,1,3H3/t25-,26-,27-,28-,29+,30-,31+,34-,35+/m1/s1. The van der Waals surface area contributed by atoms with Gasteiger partial charge in [-0.25, -0.2) is 4.79 Å². The number of esters is 1. The third-order valence-electron chi connectivity index (χ3n) is 8.94. The second-order valence-corrected chi connectivity index (χ2v) is 12.9. The van der Waals surface area contributed by atoms with Gasteiger partial charge in [0.05, 0.1) is 13.2 Å². The van der Waals surface area contributed by atoms with E-state index >= 15 is 0 Å². The normalized spacial score (nSPS) is 30.6. The Morgan fingerprint density at radius 3 is 1.84 bits per heavy atom. The van der Waals surface area contributed by atoms with Gasteiger partial charge in [-0.3, -0.25) is 0 Å². The molecule has 7 N–H and O–H groups in total. The first-order chi connectivity index (χ1) is 23.6. The second kappa shape index (κ2) is 23.6. The molecule has 0 aromatic carbocycles. The third kappa shape index (κ3) is 13.7. The van der Waals surface area contributed by atoms with Crippen LogP contribution in [0, 0.1) is 0 Å². The minimum absolute atomic E-state index is 0.0108. The molecule has 2 heterocycles. The summed E-state index contributed by atoms with van der Waals surface area (Å²) in [6.07, 6.45) is 5.02. The number of carbonyl (C=O) groups excluding carboxylic acids is 1. The van der Waals surface area contributed by atoms with E-state index < -0.39 is 80.6 Å². The van der Waals surface area contributed by atoms with Crippen molar-refractivity contribution in [3.63, 3.8) is 0 Å². The van der Waals surface area contributed by atoms with E-state index in [1.165, 1.54) is 77.2 Å². The smallest absolute Gasteiger partial charge is 0.340 e. The van der Waals surface area contributed by atoms with Gasteiger partial charge in [0, 0.05) is 0 Å². The van der Waals surface area contributed by atoms with Gasteiger partial charge in [-0.2, -0.15) is 0 Å². The molecule has 2 rings (SSSR count). The van der Waals surface area contributed by atoms with Gasteiger partial charge in [-0.15, -0.1) is 0 Å². The Hall–Kier alpha value is -1.85. The zero-order chi connectivity index (χ0) is 36.2. The zero-order valence-electron chi connectivity index (χ0n) is 29.3. The number of aliphatic hydroxyl groups is 7. The fourth-order valence-electron chi connectivity index (χ4n) is 5.82. The number of ether oxygens (including phenoxy) is 6. The molecule has 0 spiro atoms. The summed E-state index contributed by atoms with van der Waals surface area (Å²) in [6, 6.07) is 0. The van der Waals surface area contributed by atoms with E-state index in [-0.39, 0.29) is 24.7 Å². The van der Waals surface area contributed by atoms with Gasteiger partial charge in [0.1, 0.15) is 68.1 Å². The van der Waals surface area contributed by atoms with Crippen molar-refractivity contribution < 1.29 is 69.0 Å². The van der Waals surface area contributed by atoms with Crippen LogP contribution >= 0.6 is 0 Å². The van der Waals surface area contributed by atoms with Crippen molar-refractivity contribution in [3.05, 3.63) is 24.2 Å². The molecular weight excluding hydrogens is 644 g/mol. The number of aliphatic hydroxyl groups excluding tert-OH is 7. The topological polar surface area (TPSA) is 214 Å². The summed E-state index contributed by atoms with van der Waals surface area (Å²) in [5.41, 5.74) is 0.0108. The predicted molar refractivity (Wildman–Crippen MR) is 178 cm³/mol. The van der Waals surface area contributed by atoms with Gasteiger partial charge in [-0.05, 0) is 13.3 Å². The molecule has 2 aliphatic heterocycles. The minimum atomic E-state index is -2.32. The van der Waals surface area contributed by atoms with Crippen molar-refractivity contribution in [1.82, 2.24) is 0 Å². The predicted octanol–water partition coefficient (Wildman–Crippen LogP) is 2.09. The molecule has 0 aromatic heterocycles. The number of hydrogen-bond acceptors (Lipinski definition) is 14. The summed E-state index contributed by atoms with van der Waals surface area (Å²) in [5, 5.41) is 71.5. The maximum atomic E-state index is 12.8. The summed E-state index contributed by atoms with van der Waals surface area (Å²) in [6.45, 7) is 5.24. The maximum Gasteiger partial charge on any atom is 0.340 e. The Balaban J connectivity index is 1.82. The average Bonchev–Trinajstić information content (AvgIpc) is 3.35. The van der Waals surface area contributed by atoms with Crippen LogP contribution in [-0.2, 0) is 33.2 Å². The largest absolute Gasteiger partial charge is 0.462 e. The highest BCUT2D eigenvalue weighted by atomic mass is 16.8. The first kappa shape index (κ1) is 43.3. The van der Waals surface area contributed by atoms with Gasteiger partial charge in [0.25, 0.3) is 5.95 Å². The van der Waals surface area contributed by atoms with E-state index in [1.54, 1.807) is 0 Å². The number of rotatable bonds is 26. The van der Waals surface area contributed by atoms with Crippen LogP contribution in [0.4, 0.5) is 0 Å². The molecule has 0 unspecified atom stereocenters. The van der Waals surface area contributed by atoms with Crippen LogP contribution in [0.1, 0.15) is 104 Å². The SMILES string of the molecule is C=CCOC(OC[C@H]1O[C@H](O[C@]2(CO)O[C@H](CO)[C@@H](O)[C@@H]2O)[C@H](O)[C@@H](O)[C@@H]1O)=C(C)C(=O)OCCCCCCCCCCCCCCCC. The lowest BCUT2D eigenvalue weighted by Crippen LogP contribution is -2.62. The lowest BCUT2D eigenvalue weighted by molar-refractivity contribution is -0.384. The van der Waals surface area contributed by atoms with Gasteiger partial charge in [0.15, 0.2) is 6.29 Å². The van der Waals surface area contributed by atoms with E-state index in [0.717, 1.165) is 19.3 Å². The van der Waals surface area contributed by atoms with Crippen molar-refractivity contribution >= 4 is 5.97 Å². The summed E-state index contributed by atoms with van der Waals surface area (Å²) >= 11 is 0. The van der Waals surface area contributed by atoms with Crippen molar-refractivity contribution in [1.29, 1.82) is 0 Å². The molecule has 2 fully saturated rings. The second-order valence-electron chi connectivity index (χ2n) is 12.9. The van der Waals surface area contributed by atoms with E-state index in [4.69, 9.17) is 28.4 Å². The van der Waals surface area contributed by atoms with Gasteiger partial charge in [-0.1, -0.05) is 103 Å². The summed E-state index contributed by atoms with van der Waals surface area (Å²) < 4.78 is 33.1. The zero-order valence-corrected chi connectivity index (χ0v) is 29.3. The van der Waals surface area contributed by atoms with Crippen LogP contribution in [0.2, 0.25) is 0 Å². The van der Waals surface area contributed by atoms with Crippen LogP contribution < -0.4 is 0 Å². The van der Waals surface area contributed by atoms with Crippen molar-refractivity contribution in [3.8, 4) is 0 Å². The lowest BCUT2D eigenvalue weighted by Gasteiger charge is -2.43. The van der Waals surface area contributed by atoms with Crippen molar-refractivity contribution in [2.24, 2.45) is 0 Å². The van der Waals surface area contributed by atoms with Crippen molar-refractivity contribution in [2.75, 3.05) is 33.0 Å². The first-order valence-electron chi connectivity index (χ1n) is 17.9. The molecule has 14 nitrogen and oxygen atoms in total. The van der Waals surface area contributed by atoms with Gasteiger partial charge < -0.3 is 64.2 Å². The highest BCUT2D eigenvalue weighted by Gasteiger charge is 2.58. The fourth-order valence-corrected chi connectivity index (χ4v) is 5.82. The summed E-state index contributed by atoms with van der Waals surface area (Å²) in [4.78, 5) is 12.8. The Morgan fingerprint density at radius 1 is 0.755 bits per heavy atom. The Labute approximate surface area is 290 Å². The third-order valence-corrected chi connectivity index (χ3v) is 8.94. The molecule has 0 bridgehead atoms. The summed E-state index contributed by atoms with van der Waals surface area (Å²) in [5.74, 6) is -3.21. The Kier molecular flexibility index (Phi) is 20.9. The molecule has 14 heteroatoms. The van der Waals surface area contributed by atoms with Crippen molar-refractivity contribution in [2.45, 2.75) is 159 Å². The van der Waals surface area contributed by atoms with Crippen LogP contribution in [-0.4, -0.2) is 130 Å². The van der Waals surface area contributed by atoms with Crippen LogP contribution in [0.5, 0.6) is 0 Å². The molecule has 0 radical (unpaired) electrons. The number of hydrogen-bond donors (Lipinski definition) is 7. The highest BCUT2D eigenvalue weighted by Crippen LogP contribution is 2.36. The van der Waals surface area contributed by atoms with Crippen LogP contribution in [0.25, 0.3) is 0 Å². The Bertz CT molecular complexity index is 963. The molecule has 0 amide bonds. The molecule has 2 aliphatic rings. The van der Waals surface area contributed by atoms with Gasteiger partial charge >= 0.3 is 5.97 Å². The molecule has 286 valence electrons. The van der Waals surface area contributed by atoms with E-state index in [9.17, 15) is 40.5 Å². The van der Waals surface area contributed by atoms with E-state index in [0.29, 0.717) is 6.42 Å². The molecule has 0 aliphatic carbocycles. The molecule has 49 heavy (non-hydrogen) atoms. The summed E-state index contributed by atoms with van der Waals surface area (Å²) in [7, 11) is 0.